The van der Waals surface area contributed by atoms with Gasteiger partial charge in [-0.2, -0.15) is 24.9 Å². The van der Waals surface area contributed by atoms with E-state index in [-0.39, 0.29) is 46.0 Å². The number of unbranched alkanes of at least 4 members (excludes halogenated alkanes) is 1. The molecule has 0 spiro atoms. The predicted octanol–water partition coefficient (Wildman–Crippen LogP) is 5.88. The van der Waals surface area contributed by atoms with E-state index in [1.807, 2.05) is 6.92 Å². The molecule has 204 valence electrons. The Morgan fingerprint density at radius 3 is 2.58 bits per heavy atom. The molecule has 2 aromatic rings. The Morgan fingerprint density at radius 2 is 1.95 bits per heavy atom. The molecule has 1 unspecified atom stereocenters. The normalized spacial score (nSPS) is 16.4. The summed E-state index contributed by atoms with van der Waals surface area (Å²) in [6.45, 7) is 1.96. The topological polar surface area (TPSA) is 110 Å². The van der Waals surface area contributed by atoms with Gasteiger partial charge < -0.3 is 15.2 Å². The lowest BCUT2D eigenvalue weighted by Crippen LogP contribution is -2.17. The molecule has 0 radical (unpaired) electrons. The van der Waals surface area contributed by atoms with Crippen LogP contribution in [0.1, 0.15) is 63.6 Å². The van der Waals surface area contributed by atoms with Crippen molar-refractivity contribution in [1.82, 2.24) is 0 Å². The number of ether oxygens (including phenoxy) is 1. The van der Waals surface area contributed by atoms with E-state index in [2.05, 4.69) is 5.32 Å². The highest BCUT2D eigenvalue weighted by Crippen LogP contribution is 2.42. The SMILES string of the molecule is CCCCOC(=O)c1ccc2c(c1C(=O)O)Nc1cc(C(F)(F)F)ccc1C=C2CS(=O)(=O)CCC1CS1. The van der Waals surface area contributed by atoms with Crippen LogP contribution in [0.5, 0.6) is 0 Å². The van der Waals surface area contributed by atoms with Gasteiger partial charge in [-0.25, -0.2) is 18.0 Å². The van der Waals surface area contributed by atoms with Crippen LogP contribution >= 0.6 is 11.8 Å². The maximum absolute atomic E-state index is 13.5. The predicted molar refractivity (Wildman–Crippen MR) is 141 cm³/mol. The first-order valence-electron chi connectivity index (χ1n) is 12.0. The molecule has 0 aromatic heterocycles. The number of rotatable bonds is 10. The molecule has 1 atom stereocenters. The lowest BCUT2D eigenvalue weighted by atomic mass is 9.96. The van der Waals surface area contributed by atoms with Crippen molar-refractivity contribution in [3.05, 3.63) is 58.1 Å². The summed E-state index contributed by atoms with van der Waals surface area (Å²) in [5.41, 5.74) is -1.37. The number of anilines is 2. The monoisotopic (exact) mass is 569 g/mol. The van der Waals surface area contributed by atoms with E-state index in [1.165, 1.54) is 24.3 Å². The maximum atomic E-state index is 13.5. The Hall–Kier alpha value is -2.99. The summed E-state index contributed by atoms with van der Waals surface area (Å²) in [7, 11) is -3.63. The zero-order valence-corrected chi connectivity index (χ0v) is 22.1. The molecule has 0 amide bonds. The van der Waals surface area contributed by atoms with Crippen molar-refractivity contribution < 1.29 is 41.0 Å². The van der Waals surface area contributed by atoms with Crippen LogP contribution in [0.3, 0.4) is 0 Å². The third-order valence-electron chi connectivity index (χ3n) is 6.21. The Bertz CT molecular complexity index is 1400. The summed E-state index contributed by atoms with van der Waals surface area (Å²) < 4.78 is 71.5. The van der Waals surface area contributed by atoms with Crippen molar-refractivity contribution in [3.63, 3.8) is 0 Å². The number of carboxylic acid groups (broad SMARTS) is 1. The molecule has 4 rings (SSSR count). The maximum Gasteiger partial charge on any atom is 0.416 e. The van der Waals surface area contributed by atoms with Crippen LogP contribution in [0, 0.1) is 0 Å². The Kier molecular flexibility index (Phi) is 8.12. The molecule has 0 saturated carbocycles. The summed E-state index contributed by atoms with van der Waals surface area (Å²) in [6.07, 6.45) is -1.42. The van der Waals surface area contributed by atoms with Crippen LogP contribution in [0.25, 0.3) is 11.6 Å². The summed E-state index contributed by atoms with van der Waals surface area (Å²) in [6, 6.07) is 5.55. The van der Waals surface area contributed by atoms with Gasteiger partial charge in [0.1, 0.15) is 0 Å². The number of carbonyl (C=O) groups is 2. The number of hydrogen-bond acceptors (Lipinski definition) is 7. The van der Waals surface area contributed by atoms with Gasteiger partial charge in [-0.05, 0) is 48.3 Å². The van der Waals surface area contributed by atoms with E-state index in [4.69, 9.17) is 4.74 Å². The number of fused-ring (bicyclic) bond motifs is 2. The molecule has 2 N–H and O–H groups in total. The van der Waals surface area contributed by atoms with Crippen molar-refractivity contribution >= 4 is 56.6 Å². The van der Waals surface area contributed by atoms with E-state index in [9.17, 15) is 36.3 Å². The lowest BCUT2D eigenvalue weighted by Gasteiger charge is -2.18. The van der Waals surface area contributed by atoms with E-state index in [0.29, 0.717) is 18.1 Å². The first-order chi connectivity index (χ1) is 17.9. The van der Waals surface area contributed by atoms with E-state index in [0.717, 1.165) is 24.3 Å². The molecule has 38 heavy (non-hydrogen) atoms. The molecule has 0 aliphatic carbocycles. The summed E-state index contributed by atoms with van der Waals surface area (Å²) >= 11 is 1.67. The van der Waals surface area contributed by atoms with Crippen molar-refractivity contribution in [2.45, 2.75) is 37.6 Å². The number of halogens is 3. The Morgan fingerprint density at radius 1 is 1.21 bits per heavy atom. The van der Waals surface area contributed by atoms with Gasteiger partial charge in [0.2, 0.25) is 0 Å². The Labute approximate surface area is 222 Å². The first kappa shape index (κ1) is 28.0. The largest absolute Gasteiger partial charge is 0.478 e. The average Bonchev–Trinajstić information content (AvgIpc) is 3.67. The highest BCUT2D eigenvalue weighted by molar-refractivity contribution is 8.06. The fourth-order valence-corrected chi connectivity index (χ4v) is 6.36. The van der Waals surface area contributed by atoms with Crippen molar-refractivity contribution in [2.24, 2.45) is 0 Å². The van der Waals surface area contributed by atoms with Crippen LogP contribution in [0.15, 0.2) is 30.3 Å². The minimum atomic E-state index is -4.66. The number of alkyl halides is 3. The van der Waals surface area contributed by atoms with E-state index >= 15 is 0 Å². The van der Waals surface area contributed by atoms with Gasteiger partial charge in [0.15, 0.2) is 9.84 Å². The standard InChI is InChI=1S/C26H26F3NO6S2/c1-2-3-9-36-25(33)20-7-6-19-16(14-38(34,35)10-8-18-13-37-18)11-15-4-5-17(26(27,28)29)12-21(15)30-23(19)22(20)24(31)32/h4-7,11-12,18,30H,2-3,8-10,13-14H2,1H3,(H,31,32). The van der Waals surface area contributed by atoms with Crippen LogP contribution in [0.2, 0.25) is 0 Å². The number of nitrogens with one attached hydrogen (secondary N) is 1. The molecule has 1 saturated heterocycles. The summed E-state index contributed by atoms with van der Waals surface area (Å²) in [5.74, 6) is -2.02. The number of aromatic carboxylic acids is 1. The van der Waals surface area contributed by atoms with Gasteiger partial charge in [-0.3, -0.25) is 0 Å². The van der Waals surface area contributed by atoms with Gasteiger partial charge >= 0.3 is 18.1 Å². The van der Waals surface area contributed by atoms with Gasteiger partial charge in [0.25, 0.3) is 0 Å². The fraction of sp³-hybridized carbons (Fsp3) is 0.385. The minimum absolute atomic E-state index is 0.0677. The summed E-state index contributed by atoms with van der Waals surface area (Å²) in [5, 5.41) is 13.1. The second-order valence-electron chi connectivity index (χ2n) is 9.14. The molecule has 1 fully saturated rings. The number of sulfone groups is 1. The molecule has 2 aliphatic rings. The van der Waals surface area contributed by atoms with Crippen LogP contribution < -0.4 is 5.32 Å². The molecular weight excluding hydrogens is 543 g/mol. The van der Waals surface area contributed by atoms with Crippen LogP contribution in [0.4, 0.5) is 24.5 Å². The second-order valence-corrected chi connectivity index (χ2v) is 12.7. The first-order valence-corrected chi connectivity index (χ1v) is 14.9. The van der Waals surface area contributed by atoms with Gasteiger partial charge in [-0.15, -0.1) is 0 Å². The van der Waals surface area contributed by atoms with Crippen molar-refractivity contribution in [1.29, 1.82) is 0 Å². The number of thioether (sulfide) groups is 1. The lowest BCUT2D eigenvalue weighted by molar-refractivity contribution is -0.137. The minimum Gasteiger partial charge on any atom is -0.478 e. The quantitative estimate of drug-likeness (QED) is 0.208. The molecule has 2 aromatic carbocycles. The zero-order valence-electron chi connectivity index (χ0n) is 20.4. The number of carbonyl (C=O) groups excluding carboxylic acids is 1. The molecule has 2 heterocycles. The number of benzene rings is 2. The molecule has 2 aliphatic heterocycles. The molecule has 12 heteroatoms. The highest BCUT2D eigenvalue weighted by atomic mass is 32.2. The third kappa shape index (κ3) is 6.52. The molecule has 7 nitrogen and oxygen atoms in total. The third-order valence-corrected chi connectivity index (χ3v) is 8.86. The smallest absolute Gasteiger partial charge is 0.416 e. The average molecular weight is 570 g/mol. The number of hydrogen-bond donors (Lipinski definition) is 2. The number of carboxylic acids is 1. The van der Waals surface area contributed by atoms with E-state index < -0.39 is 44.8 Å². The van der Waals surface area contributed by atoms with Crippen LogP contribution in [-0.4, -0.2) is 54.6 Å². The van der Waals surface area contributed by atoms with Crippen LogP contribution in [-0.2, 0) is 20.8 Å². The summed E-state index contributed by atoms with van der Waals surface area (Å²) in [4.78, 5) is 25.1. The van der Waals surface area contributed by atoms with Crippen molar-refractivity contribution in [2.75, 3.05) is 29.2 Å². The van der Waals surface area contributed by atoms with Gasteiger partial charge in [0, 0.05) is 22.3 Å². The van der Waals surface area contributed by atoms with E-state index in [1.54, 1.807) is 11.8 Å². The Balaban J connectivity index is 1.85. The molecule has 0 bridgehead atoms. The molecular formula is C26H26F3NO6S2. The zero-order chi connectivity index (χ0) is 27.7. The second kappa shape index (κ2) is 11.0. The number of esters is 1. The van der Waals surface area contributed by atoms with Crippen molar-refractivity contribution in [3.8, 4) is 0 Å². The highest BCUT2D eigenvalue weighted by Gasteiger charge is 2.33. The van der Waals surface area contributed by atoms with Gasteiger partial charge in [0.05, 0.1) is 40.5 Å². The van der Waals surface area contributed by atoms with Gasteiger partial charge in [-0.1, -0.05) is 25.5 Å². The fourth-order valence-electron chi connectivity index (χ4n) is 4.12.